The number of rotatable bonds is 4. The summed E-state index contributed by atoms with van der Waals surface area (Å²) in [5.74, 6) is 0. The summed E-state index contributed by atoms with van der Waals surface area (Å²) in [7, 11) is 0. The molecule has 0 aliphatic carbocycles. The number of hydrogen-bond acceptors (Lipinski definition) is 4. The second-order valence-electron chi connectivity index (χ2n) is 3.39. The largest absolute Gasteiger partial charge is 0.380 e. The summed E-state index contributed by atoms with van der Waals surface area (Å²) in [6, 6.07) is 1.83. The molecule has 2 aromatic heterocycles. The van der Waals surface area contributed by atoms with Crippen molar-refractivity contribution in [3.8, 4) is 0 Å². The van der Waals surface area contributed by atoms with E-state index in [2.05, 4.69) is 32.9 Å². The number of aryl methyl sites for hydroxylation is 1. The lowest BCUT2D eigenvalue weighted by atomic mass is 10.2. The van der Waals surface area contributed by atoms with Gasteiger partial charge in [-0.05, 0) is 28.4 Å². The molecule has 0 aliphatic rings. The summed E-state index contributed by atoms with van der Waals surface area (Å²) in [5, 5.41) is 16.9. The molecule has 0 amide bonds. The Morgan fingerprint density at radius 3 is 3.06 bits per heavy atom. The smallest absolute Gasteiger partial charge is 0.147 e. The van der Waals surface area contributed by atoms with Gasteiger partial charge in [-0.15, -0.1) is 11.3 Å². The molecule has 0 bridgehead atoms. The molecule has 16 heavy (non-hydrogen) atoms. The molecular formula is C10H12BrN3OS. The Morgan fingerprint density at radius 1 is 1.62 bits per heavy atom. The lowest BCUT2D eigenvalue weighted by Crippen LogP contribution is -2.09. The summed E-state index contributed by atoms with van der Waals surface area (Å²) >= 11 is 4.71. The molecule has 2 rings (SSSR count). The van der Waals surface area contributed by atoms with Crippen LogP contribution in [0.1, 0.15) is 30.2 Å². The van der Waals surface area contributed by atoms with Crippen LogP contribution in [0, 0.1) is 0 Å². The van der Waals surface area contributed by atoms with Crippen LogP contribution in [-0.4, -0.2) is 19.9 Å². The second kappa shape index (κ2) is 5.07. The molecule has 0 fully saturated rings. The maximum absolute atomic E-state index is 10.2. The van der Waals surface area contributed by atoms with Gasteiger partial charge in [-0.25, -0.2) is 4.98 Å². The standard InChI is InChI=1S/C10H12BrN3OS/c1-2-5-14-7(3-4-12-14)9(15)10-13-8(11)6-16-10/h3-4,6,9,15H,2,5H2,1H3. The van der Waals surface area contributed by atoms with E-state index >= 15 is 0 Å². The molecule has 1 atom stereocenters. The number of aromatic nitrogens is 3. The average Bonchev–Trinajstić information content (AvgIpc) is 2.87. The highest BCUT2D eigenvalue weighted by molar-refractivity contribution is 9.10. The molecule has 0 aliphatic heterocycles. The second-order valence-corrected chi connectivity index (χ2v) is 5.09. The van der Waals surface area contributed by atoms with Crippen LogP contribution >= 0.6 is 27.3 Å². The Bertz CT molecular complexity index is 468. The Kier molecular flexibility index (Phi) is 3.73. The molecule has 0 radical (unpaired) electrons. The summed E-state index contributed by atoms with van der Waals surface area (Å²) in [6.07, 6.45) is 2.00. The van der Waals surface area contributed by atoms with Crippen LogP contribution in [0.2, 0.25) is 0 Å². The van der Waals surface area contributed by atoms with E-state index in [9.17, 15) is 5.11 Å². The van der Waals surface area contributed by atoms with Gasteiger partial charge in [0.2, 0.25) is 0 Å². The highest BCUT2D eigenvalue weighted by Gasteiger charge is 2.18. The fraction of sp³-hybridized carbons (Fsp3) is 0.400. The number of aliphatic hydroxyl groups excluding tert-OH is 1. The monoisotopic (exact) mass is 301 g/mol. The third-order valence-electron chi connectivity index (χ3n) is 2.19. The van der Waals surface area contributed by atoms with Gasteiger partial charge in [0, 0.05) is 18.1 Å². The molecule has 1 unspecified atom stereocenters. The van der Waals surface area contributed by atoms with Gasteiger partial charge in [-0.3, -0.25) is 4.68 Å². The normalized spacial score (nSPS) is 12.9. The zero-order chi connectivity index (χ0) is 11.5. The van der Waals surface area contributed by atoms with Crippen molar-refractivity contribution in [1.82, 2.24) is 14.8 Å². The molecule has 6 heteroatoms. The van der Waals surface area contributed by atoms with Crippen LogP contribution in [-0.2, 0) is 6.54 Å². The van der Waals surface area contributed by atoms with Gasteiger partial charge in [0.25, 0.3) is 0 Å². The SMILES string of the molecule is CCCn1nccc1C(O)c1nc(Br)cs1. The summed E-state index contributed by atoms with van der Waals surface area (Å²) in [5.41, 5.74) is 0.795. The van der Waals surface area contributed by atoms with E-state index in [-0.39, 0.29) is 0 Å². The molecule has 0 saturated carbocycles. The topological polar surface area (TPSA) is 50.9 Å². The quantitative estimate of drug-likeness (QED) is 0.944. The van der Waals surface area contributed by atoms with Gasteiger partial charge in [0.15, 0.2) is 0 Å². The minimum absolute atomic E-state index is 0.685. The number of thiazole rings is 1. The predicted octanol–water partition coefficient (Wildman–Crippen LogP) is 2.59. The Hall–Kier alpha value is -0.720. The summed E-state index contributed by atoms with van der Waals surface area (Å²) in [4.78, 5) is 4.21. The molecule has 0 spiro atoms. The third kappa shape index (κ3) is 2.34. The van der Waals surface area contributed by atoms with E-state index < -0.39 is 6.10 Å². The van der Waals surface area contributed by atoms with E-state index in [0.29, 0.717) is 5.01 Å². The van der Waals surface area contributed by atoms with Crippen LogP contribution in [0.5, 0.6) is 0 Å². The fourth-order valence-corrected chi connectivity index (χ4v) is 2.75. The highest BCUT2D eigenvalue weighted by atomic mass is 79.9. The summed E-state index contributed by atoms with van der Waals surface area (Å²) in [6.45, 7) is 2.89. The lowest BCUT2D eigenvalue weighted by Gasteiger charge is -2.10. The van der Waals surface area contributed by atoms with Gasteiger partial charge < -0.3 is 5.11 Å². The van der Waals surface area contributed by atoms with Gasteiger partial charge in [0.1, 0.15) is 15.7 Å². The number of hydrogen-bond donors (Lipinski definition) is 1. The third-order valence-corrected chi connectivity index (χ3v) is 3.80. The Balaban J connectivity index is 2.26. The van der Waals surface area contributed by atoms with Crippen molar-refractivity contribution in [3.05, 3.63) is 32.9 Å². The van der Waals surface area contributed by atoms with Crippen molar-refractivity contribution in [2.75, 3.05) is 0 Å². The van der Waals surface area contributed by atoms with Crippen molar-refractivity contribution < 1.29 is 5.11 Å². The van der Waals surface area contributed by atoms with E-state index in [4.69, 9.17) is 0 Å². The molecule has 1 N–H and O–H groups in total. The Labute approximate surface area is 106 Å². The highest BCUT2D eigenvalue weighted by Crippen LogP contribution is 2.26. The molecule has 2 aromatic rings. The molecule has 0 saturated heterocycles. The van der Waals surface area contributed by atoms with Crippen LogP contribution in [0.3, 0.4) is 0 Å². The molecule has 86 valence electrons. The van der Waals surface area contributed by atoms with Crippen LogP contribution in [0.15, 0.2) is 22.2 Å². The van der Waals surface area contributed by atoms with Crippen molar-refractivity contribution in [2.45, 2.75) is 26.0 Å². The molecule has 2 heterocycles. The van der Waals surface area contributed by atoms with E-state index in [0.717, 1.165) is 23.3 Å². The molecule has 4 nitrogen and oxygen atoms in total. The first-order valence-corrected chi connectivity index (χ1v) is 6.70. The zero-order valence-corrected chi connectivity index (χ0v) is 11.2. The maximum atomic E-state index is 10.2. The maximum Gasteiger partial charge on any atom is 0.147 e. The fourth-order valence-electron chi connectivity index (χ4n) is 1.49. The van der Waals surface area contributed by atoms with Crippen molar-refractivity contribution in [1.29, 1.82) is 0 Å². The van der Waals surface area contributed by atoms with Crippen LogP contribution in [0.4, 0.5) is 0 Å². The van der Waals surface area contributed by atoms with Gasteiger partial charge >= 0.3 is 0 Å². The van der Waals surface area contributed by atoms with E-state index in [1.54, 1.807) is 6.20 Å². The Morgan fingerprint density at radius 2 is 2.44 bits per heavy atom. The number of nitrogens with zero attached hydrogens (tertiary/aromatic N) is 3. The van der Waals surface area contributed by atoms with Gasteiger partial charge in [-0.2, -0.15) is 5.10 Å². The average molecular weight is 302 g/mol. The van der Waals surface area contributed by atoms with E-state index in [1.165, 1.54) is 11.3 Å². The first-order valence-electron chi connectivity index (χ1n) is 5.03. The first kappa shape index (κ1) is 11.8. The van der Waals surface area contributed by atoms with Crippen LogP contribution < -0.4 is 0 Å². The molecule has 0 aromatic carbocycles. The van der Waals surface area contributed by atoms with Crippen molar-refractivity contribution in [3.63, 3.8) is 0 Å². The molecular weight excluding hydrogens is 290 g/mol. The zero-order valence-electron chi connectivity index (χ0n) is 8.80. The predicted molar refractivity (Wildman–Crippen MR) is 66.4 cm³/mol. The van der Waals surface area contributed by atoms with Crippen molar-refractivity contribution >= 4 is 27.3 Å². The minimum Gasteiger partial charge on any atom is -0.380 e. The minimum atomic E-state index is -0.689. The number of aliphatic hydroxyl groups is 1. The van der Waals surface area contributed by atoms with Crippen LogP contribution in [0.25, 0.3) is 0 Å². The van der Waals surface area contributed by atoms with Crippen molar-refractivity contribution in [2.24, 2.45) is 0 Å². The lowest BCUT2D eigenvalue weighted by molar-refractivity contribution is 0.206. The summed E-state index contributed by atoms with van der Waals surface area (Å²) < 4.78 is 2.58. The van der Waals surface area contributed by atoms with Gasteiger partial charge in [0.05, 0.1) is 5.69 Å². The van der Waals surface area contributed by atoms with Gasteiger partial charge in [-0.1, -0.05) is 6.92 Å². The first-order chi connectivity index (χ1) is 7.72. The number of halogens is 1. The van der Waals surface area contributed by atoms with E-state index in [1.807, 2.05) is 16.1 Å².